The highest BCUT2D eigenvalue weighted by Gasteiger charge is 2.30. The van der Waals surface area contributed by atoms with Gasteiger partial charge in [0.25, 0.3) is 0 Å². The molecule has 1 aliphatic rings. The molecule has 2 N–H and O–H groups in total. The van der Waals surface area contributed by atoms with E-state index in [-0.39, 0.29) is 0 Å². The van der Waals surface area contributed by atoms with Gasteiger partial charge in [-0.15, -0.1) is 0 Å². The van der Waals surface area contributed by atoms with Crippen molar-refractivity contribution in [3.05, 3.63) is 24.0 Å². The first-order valence-corrected chi connectivity index (χ1v) is 5.89. The average molecular weight is 235 g/mol. The molecule has 1 aromatic rings. The molecule has 2 heterocycles. The maximum atomic E-state index is 5.73. The minimum atomic E-state index is 0.364. The van der Waals surface area contributed by atoms with Crippen LogP contribution in [0.3, 0.4) is 0 Å². The van der Waals surface area contributed by atoms with Crippen molar-refractivity contribution in [2.24, 2.45) is 11.1 Å². The Bertz CT molecular complexity index is 414. The first kappa shape index (κ1) is 11.3. The van der Waals surface area contributed by atoms with Crippen molar-refractivity contribution in [1.29, 1.82) is 0 Å². The lowest BCUT2D eigenvalue weighted by Crippen LogP contribution is -2.25. The number of nitrogens with two attached hydrogens (primary N) is 1. The van der Waals surface area contributed by atoms with E-state index in [9.17, 15) is 0 Å². The number of aromatic nitrogens is 1. The molecule has 3 nitrogen and oxygen atoms in total. The SMILES string of the molecule is CC1(C)CCN(c2cnccc2C(N)=S)C1. The van der Waals surface area contributed by atoms with Gasteiger partial charge in [0.15, 0.2) is 0 Å². The van der Waals surface area contributed by atoms with E-state index in [1.807, 2.05) is 12.3 Å². The molecular weight excluding hydrogens is 218 g/mol. The van der Waals surface area contributed by atoms with Crippen LogP contribution in [-0.2, 0) is 0 Å². The van der Waals surface area contributed by atoms with E-state index in [0.717, 1.165) is 24.3 Å². The summed E-state index contributed by atoms with van der Waals surface area (Å²) in [6.45, 7) is 6.65. The van der Waals surface area contributed by atoms with E-state index in [2.05, 4.69) is 23.7 Å². The largest absolute Gasteiger partial charge is 0.389 e. The van der Waals surface area contributed by atoms with Crippen molar-refractivity contribution in [3.63, 3.8) is 0 Å². The lowest BCUT2D eigenvalue weighted by Gasteiger charge is -2.23. The van der Waals surface area contributed by atoms with Crippen LogP contribution >= 0.6 is 12.2 Å². The van der Waals surface area contributed by atoms with Crippen LogP contribution in [0.1, 0.15) is 25.8 Å². The van der Waals surface area contributed by atoms with Gasteiger partial charge in [-0.2, -0.15) is 0 Å². The summed E-state index contributed by atoms with van der Waals surface area (Å²) in [5.41, 5.74) is 8.09. The molecule has 1 saturated heterocycles. The maximum absolute atomic E-state index is 5.73. The molecule has 16 heavy (non-hydrogen) atoms. The summed E-state index contributed by atoms with van der Waals surface area (Å²) in [6.07, 6.45) is 4.79. The van der Waals surface area contributed by atoms with Crippen LogP contribution in [0, 0.1) is 5.41 Å². The lowest BCUT2D eigenvalue weighted by atomic mass is 9.93. The molecule has 86 valence electrons. The number of anilines is 1. The topological polar surface area (TPSA) is 42.2 Å². The molecule has 4 heteroatoms. The van der Waals surface area contributed by atoms with Crippen LogP contribution in [-0.4, -0.2) is 23.1 Å². The second-order valence-electron chi connectivity index (χ2n) is 5.09. The minimum absolute atomic E-state index is 0.364. The van der Waals surface area contributed by atoms with Crippen molar-refractivity contribution >= 4 is 22.9 Å². The Hall–Kier alpha value is -1.16. The third-order valence-corrected chi connectivity index (χ3v) is 3.30. The standard InChI is InChI=1S/C12H17N3S/c1-12(2)4-6-15(8-12)10-7-14-5-3-9(10)11(13)16/h3,5,7H,4,6,8H2,1-2H3,(H2,13,16). The molecule has 1 fully saturated rings. The predicted molar refractivity (Wildman–Crippen MR) is 70.7 cm³/mol. The van der Waals surface area contributed by atoms with Crippen molar-refractivity contribution < 1.29 is 0 Å². The van der Waals surface area contributed by atoms with Crippen molar-refractivity contribution in [1.82, 2.24) is 4.98 Å². The summed E-state index contributed by atoms with van der Waals surface area (Å²) in [4.78, 5) is 6.93. The first-order chi connectivity index (χ1) is 7.49. The van der Waals surface area contributed by atoms with Crippen LogP contribution < -0.4 is 10.6 Å². The highest BCUT2D eigenvalue weighted by Crippen LogP contribution is 2.33. The fourth-order valence-electron chi connectivity index (χ4n) is 2.16. The highest BCUT2D eigenvalue weighted by molar-refractivity contribution is 7.80. The molecule has 1 aromatic heterocycles. The predicted octanol–water partition coefficient (Wildman–Crippen LogP) is 1.95. The smallest absolute Gasteiger partial charge is 0.106 e. The highest BCUT2D eigenvalue weighted by atomic mass is 32.1. The number of rotatable bonds is 2. The van der Waals surface area contributed by atoms with Gasteiger partial charge in [0.2, 0.25) is 0 Å². The number of hydrogen-bond donors (Lipinski definition) is 1. The molecule has 0 bridgehead atoms. The summed E-state index contributed by atoms with van der Waals surface area (Å²) in [5.74, 6) is 0. The first-order valence-electron chi connectivity index (χ1n) is 5.48. The minimum Gasteiger partial charge on any atom is -0.389 e. The zero-order valence-corrected chi connectivity index (χ0v) is 10.5. The van der Waals surface area contributed by atoms with Gasteiger partial charge >= 0.3 is 0 Å². The average Bonchev–Trinajstić information content (AvgIpc) is 2.59. The fraction of sp³-hybridized carbons (Fsp3) is 0.500. The van der Waals surface area contributed by atoms with Gasteiger partial charge in [-0.25, -0.2) is 0 Å². The third-order valence-electron chi connectivity index (χ3n) is 3.08. The normalized spacial score (nSPS) is 18.8. The summed E-state index contributed by atoms with van der Waals surface area (Å²) in [6, 6.07) is 1.89. The van der Waals surface area contributed by atoms with E-state index in [1.165, 1.54) is 6.42 Å². The Kier molecular flexibility index (Phi) is 2.84. The van der Waals surface area contributed by atoms with Crippen LogP contribution in [0.5, 0.6) is 0 Å². The van der Waals surface area contributed by atoms with Gasteiger partial charge in [-0.1, -0.05) is 26.1 Å². The summed E-state index contributed by atoms with van der Waals surface area (Å²) < 4.78 is 0. The third kappa shape index (κ3) is 2.16. The van der Waals surface area contributed by atoms with E-state index in [1.54, 1.807) is 6.20 Å². The van der Waals surface area contributed by atoms with E-state index < -0.39 is 0 Å². The Labute approximate surface area is 102 Å². The molecule has 0 spiro atoms. The quantitative estimate of drug-likeness (QED) is 0.796. The molecule has 0 unspecified atom stereocenters. The van der Waals surface area contributed by atoms with Crippen molar-refractivity contribution in [2.75, 3.05) is 18.0 Å². The van der Waals surface area contributed by atoms with Gasteiger partial charge in [0.1, 0.15) is 4.99 Å². The summed E-state index contributed by atoms with van der Waals surface area (Å²) >= 11 is 5.07. The van der Waals surface area contributed by atoms with Crippen LogP contribution in [0.15, 0.2) is 18.5 Å². The number of hydrogen-bond acceptors (Lipinski definition) is 3. The molecular formula is C12H17N3S. The maximum Gasteiger partial charge on any atom is 0.106 e. The molecule has 0 saturated carbocycles. The van der Waals surface area contributed by atoms with Crippen LogP contribution in [0.2, 0.25) is 0 Å². The monoisotopic (exact) mass is 235 g/mol. The fourth-order valence-corrected chi connectivity index (χ4v) is 2.34. The molecule has 2 rings (SSSR count). The van der Waals surface area contributed by atoms with Crippen LogP contribution in [0.25, 0.3) is 0 Å². The Balaban J connectivity index is 2.31. The Morgan fingerprint density at radius 3 is 2.88 bits per heavy atom. The molecule has 0 atom stereocenters. The zero-order chi connectivity index (χ0) is 11.8. The van der Waals surface area contributed by atoms with Crippen molar-refractivity contribution in [3.8, 4) is 0 Å². The van der Waals surface area contributed by atoms with Gasteiger partial charge in [-0.05, 0) is 17.9 Å². The number of nitrogens with zero attached hydrogens (tertiary/aromatic N) is 2. The van der Waals surface area contributed by atoms with E-state index in [0.29, 0.717) is 10.4 Å². The van der Waals surface area contributed by atoms with E-state index in [4.69, 9.17) is 18.0 Å². The molecule has 1 aliphatic heterocycles. The van der Waals surface area contributed by atoms with Gasteiger partial charge in [0, 0.05) is 24.8 Å². The number of pyridine rings is 1. The Morgan fingerprint density at radius 1 is 1.56 bits per heavy atom. The van der Waals surface area contributed by atoms with Gasteiger partial charge < -0.3 is 10.6 Å². The molecule has 0 radical (unpaired) electrons. The molecule has 0 amide bonds. The lowest BCUT2D eigenvalue weighted by molar-refractivity contribution is 0.418. The van der Waals surface area contributed by atoms with Gasteiger partial charge in [0.05, 0.1) is 11.9 Å². The summed E-state index contributed by atoms with van der Waals surface area (Å²) in [7, 11) is 0. The zero-order valence-electron chi connectivity index (χ0n) is 9.73. The molecule has 0 aliphatic carbocycles. The second kappa shape index (κ2) is 4.01. The Morgan fingerprint density at radius 2 is 2.31 bits per heavy atom. The van der Waals surface area contributed by atoms with Crippen LogP contribution in [0.4, 0.5) is 5.69 Å². The second-order valence-corrected chi connectivity index (χ2v) is 5.53. The summed E-state index contributed by atoms with van der Waals surface area (Å²) in [5, 5.41) is 0. The molecule has 0 aromatic carbocycles. The number of thiocarbonyl (C=S) groups is 1. The van der Waals surface area contributed by atoms with E-state index >= 15 is 0 Å². The van der Waals surface area contributed by atoms with Gasteiger partial charge in [-0.3, -0.25) is 4.98 Å². The van der Waals surface area contributed by atoms with Crippen molar-refractivity contribution in [2.45, 2.75) is 20.3 Å².